The number of amides is 3. The number of hydrogen-bond donors (Lipinski definition) is 5. The predicted molar refractivity (Wildman–Crippen MR) is 454 cm³/mol. The number of pyridine rings is 1. The molecule has 3 saturated heterocycles. The van der Waals surface area contributed by atoms with Crippen molar-refractivity contribution in [2.45, 2.75) is 205 Å². The van der Waals surface area contributed by atoms with Crippen molar-refractivity contribution in [1.29, 1.82) is 0 Å². The Labute approximate surface area is 717 Å². The van der Waals surface area contributed by atoms with E-state index in [4.69, 9.17) is 81.9 Å². The first-order chi connectivity index (χ1) is 59.2. The number of nitrogens with zero attached hydrogens (tertiary/aromatic N) is 7. The van der Waals surface area contributed by atoms with Gasteiger partial charge in [0.15, 0.2) is 5.65 Å². The molecule has 3 amide bonds. The van der Waals surface area contributed by atoms with E-state index in [9.17, 15) is 39.0 Å². The van der Waals surface area contributed by atoms with Crippen LogP contribution in [0.3, 0.4) is 0 Å². The van der Waals surface area contributed by atoms with Crippen LogP contribution in [0.1, 0.15) is 156 Å². The van der Waals surface area contributed by atoms with Gasteiger partial charge in [0.2, 0.25) is 11.7 Å². The van der Waals surface area contributed by atoms with Crippen LogP contribution in [0.4, 0.5) is 10.6 Å². The van der Waals surface area contributed by atoms with E-state index in [0.29, 0.717) is 244 Å². The zero-order chi connectivity index (χ0) is 86.9. The van der Waals surface area contributed by atoms with Crippen molar-refractivity contribution in [3.05, 3.63) is 78.5 Å². The summed E-state index contributed by atoms with van der Waals surface area (Å²) >= 11 is 0. The Bertz CT molecular complexity index is 3940. The predicted octanol–water partition coefficient (Wildman–Crippen LogP) is 8.96. The van der Waals surface area contributed by atoms with Crippen molar-refractivity contribution in [3.8, 4) is 11.3 Å². The average Bonchev–Trinajstić information content (AvgIpc) is 1.60. The van der Waals surface area contributed by atoms with Crippen LogP contribution in [0.15, 0.2) is 78.5 Å². The maximum Gasteiger partial charge on any atom is 0.407 e. The number of alkyl carbamates (subject to hydrolysis) is 1. The minimum atomic E-state index is -2.30. The lowest BCUT2D eigenvalue weighted by Crippen LogP contribution is -2.57. The molecule has 4 aliphatic heterocycles. The number of nitrogens with two attached hydrogens (primary N) is 1. The second-order valence-electron chi connectivity index (χ2n) is 32.4. The molecule has 12 atom stereocenters. The largest absolute Gasteiger partial charge is 0.443 e. The number of likely N-dealkylation sites (tertiary alicyclic amines) is 1. The molecule has 33 heteroatoms. The maximum absolute atomic E-state index is 14.3. The van der Waals surface area contributed by atoms with E-state index in [-0.39, 0.29) is 92.5 Å². The standard InChI is InChI=1S/C89H136N10O23/c1-62-14-9-8-10-15-63(2)78(108-6)57-73-17-13-26-89(107,122-73)83(104)87(105)98-29-12-11-16-71(98)60-120-72(56-74(100)65(4)53-66(5)76(102)58-75(101)64(3)52-62)20-18-67-19-21-77(79(54-67)109-7)121-88(106)92-28-33-111-35-37-113-39-41-115-43-45-117-47-49-119-51-50-118-48-46-116-44-42-114-40-38-112-36-34-110-32-25-80(103)97-30-23-70(24-31-97)99-86-81(84(90)94-61-95-86)82(96-99)69-55-68-22-27-91-85(68)93-59-69/h8-10,14-15,22,27,53,55,59,61-62,64-65,67,70-73,76-79,102,107H,11-13,16-21,23-26,28-52,54,56-58,60H2,1-7H3,(H,91,93)(H,92,106)(H2,90,94,95)/b10-8+,14-9+,63-15+,66-53+/t62-,64-,65-,67-,71+,72-,73?,76+,77-,78+,79-,89-/m1/s1. The van der Waals surface area contributed by atoms with E-state index in [1.54, 1.807) is 40.3 Å². The molecular formula is C89H136N10O23. The molecule has 0 spiro atoms. The van der Waals surface area contributed by atoms with Gasteiger partial charge in [-0.3, -0.25) is 24.0 Å². The fraction of sp³-hybridized carbons (Fsp3) is 0.708. The fourth-order valence-corrected chi connectivity index (χ4v) is 16.1. The third kappa shape index (κ3) is 32.5. The number of carbonyl (C=O) groups excluding carboxylic acids is 6. The second-order valence-corrected chi connectivity index (χ2v) is 32.4. The third-order valence-electron chi connectivity index (χ3n) is 23.3. The molecule has 4 fully saturated rings. The topological polar surface area (TPSA) is 398 Å². The van der Waals surface area contributed by atoms with E-state index < -0.39 is 59.9 Å². The summed E-state index contributed by atoms with van der Waals surface area (Å²) in [6, 6.07) is 3.53. The number of ether oxygens (including phenoxy) is 15. The number of allylic oxidation sites excluding steroid dienone is 6. The highest BCUT2D eigenvalue weighted by atomic mass is 16.6. The monoisotopic (exact) mass is 1710 g/mol. The van der Waals surface area contributed by atoms with Crippen molar-refractivity contribution in [1.82, 2.24) is 44.8 Å². The van der Waals surface area contributed by atoms with E-state index in [1.807, 2.05) is 79.1 Å². The number of nitrogen functional groups attached to an aromatic ring is 1. The molecule has 1 saturated carbocycles. The van der Waals surface area contributed by atoms with Gasteiger partial charge in [-0.1, -0.05) is 57.2 Å². The zero-order valence-corrected chi connectivity index (χ0v) is 72.9. The lowest BCUT2D eigenvalue weighted by Gasteiger charge is -2.40. The van der Waals surface area contributed by atoms with Gasteiger partial charge in [-0.25, -0.2) is 24.4 Å². The molecule has 6 N–H and O–H groups in total. The van der Waals surface area contributed by atoms with Gasteiger partial charge in [0, 0.05) is 101 Å². The number of H-pyrrole nitrogens is 1. The summed E-state index contributed by atoms with van der Waals surface area (Å²) in [4.78, 5) is 102. The number of anilines is 1. The summed E-state index contributed by atoms with van der Waals surface area (Å²) in [6.45, 7) is 19.1. The van der Waals surface area contributed by atoms with Crippen LogP contribution in [0.2, 0.25) is 0 Å². The van der Waals surface area contributed by atoms with Gasteiger partial charge in [0.1, 0.15) is 41.2 Å². The smallest absolute Gasteiger partial charge is 0.407 e. The fourth-order valence-electron chi connectivity index (χ4n) is 16.1. The second kappa shape index (κ2) is 53.8. The molecule has 4 aromatic heterocycles. The molecule has 0 aromatic carbocycles. The van der Waals surface area contributed by atoms with Gasteiger partial charge in [0.25, 0.3) is 11.7 Å². The lowest BCUT2D eigenvalue weighted by atomic mass is 9.81. The summed E-state index contributed by atoms with van der Waals surface area (Å²) in [5, 5.41) is 32.5. The molecule has 0 radical (unpaired) electrons. The number of fused-ring (bicyclic) bond motifs is 5. The van der Waals surface area contributed by atoms with E-state index >= 15 is 0 Å². The molecule has 1 unspecified atom stereocenters. The Morgan fingerprint density at radius 2 is 1.30 bits per heavy atom. The Balaban J connectivity index is 0.548. The molecule has 5 aliphatic rings. The van der Waals surface area contributed by atoms with Gasteiger partial charge in [-0.15, -0.1) is 0 Å². The summed E-state index contributed by atoms with van der Waals surface area (Å²) in [5.74, 6) is -4.59. The summed E-state index contributed by atoms with van der Waals surface area (Å²) in [6.07, 6.45) is 21.2. The van der Waals surface area contributed by atoms with Crippen molar-refractivity contribution in [2.24, 2.45) is 23.7 Å². The minimum Gasteiger partial charge on any atom is -0.443 e. The summed E-state index contributed by atoms with van der Waals surface area (Å²) in [7, 11) is 3.20. The number of piperidine rings is 2. The molecule has 2 bridgehead atoms. The van der Waals surface area contributed by atoms with E-state index in [2.05, 4.69) is 25.3 Å². The molecule has 9 rings (SSSR count). The first kappa shape index (κ1) is 98.4. The van der Waals surface area contributed by atoms with E-state index in [0.717, 1.165) is 47.9 Å². The first-order valence-electron chi connectivity index (χ1n) is 44.0. The van der Waals surface area contributed by atoms with Gasteiger partial charge < -0.3 is 107 Å². The number of rotatable bonds is 41. The Hall–Kier alpha value is -7.42. The number of aliphatic hydroxyl groups is 2. The quantitative estimate of drug-likeness (QED) is 0.0157. The number of aliphatic hydroxyl groups excluding tert-OH is 1. The van der Waals surface area contributed by atoms with Crippen molar-refractivity contribution in [2.75, 3.05) is 185 Å². The van der Waals surface area contributed by atoms with Gasteiger partial charge >= 0.3 is 6.09 Å². The van der Waals surface area contributed by atoms with Crippen LogP contribution in [0.25, 0.3) is 33.3 Å². The first-order valence-corrected chi connectivity index (χ1v) is 44.0. The number of aromatic amines is 1. The Morgan fingerprint density at radius 1 is 0.664 bits per heavy atom. The van der Waals surface area contributed by atoms with Crippen molar-refractivity contribution in [3.63, 3.8) is 0 Å². The van der Waals surface area contributed by atoms with Gasteiger partial charge in [-0.2, -0.15) is 5.10 Å². The SMILES string of the molecule is CO[C@H]1CC2CCC[C@@](O)(O2)C(=O)C(=O)N2CCCC[C@H]2CO[C@H](CC[C@@H]2CC[C@@H](OC(=O)NCCOCCOCCOCCOCCOCCOCCOCCOCCOCCOCCC(=O)N3CCC(n4nc(-c5cnc6[nH]ccc6c5)c5c(N)ncnc54)CC3)[C@H](OC)C2)CC(=O)[C@H](C)/C=C(\C)[C@@H](O)CC(=O)[C@H](C)C[C@H](C)/C=C/C=C/C=C/1C. The molecule has 680 valence electrons. The Kier molecular flexibility index (Phi) is 43.4. The number of aromatic nitrogens is 6. The lowest BCUT2D eigenvalue weighted by molar-refractivity contribution is -0.245. The number of carbonyl (C=O) groups is 6. The van der Waals surface area contributed by atoms with Crippen LogP contribution in [-0.2, 0) is 95.0 Å². The van der Waals surface area contributed by atoms with Crippen molar-refractivity contribution >= 4 is 63.1 Å². The van der Waals surface area contributed by atoms with Crippen molar-refractivity contribution < 1.29 is 110 Å². The number of methoxy groups -OCH3 is 2. The number of ketones is 3. The highest BCUT2D eigenvalue weighted by Crippen LogP contribution is 2.38. The molecule has 122 heavy (non-hydrogen) atoms. The molecular weight excluding hydrogens is 1580 g/mol. The van der Waals surface area contributed by atoms with Crippen LogP contribution in [0.5, 0.6) is 0 Å². The van der Waals surface area contributed by atoms with Crippen LogP contribution >= 0.6 is 0 Å². The molecule has 8 heterocycles. The zero-order valence-electron chi connectivity index (χ0n) is 72.9. The number of nitrogens with one attached hydrogen (secondary N) is 2. The highest BCUT2D eigenvalue weighted by molar-refractivity contribution is 6.38. The Morgan fingerprint density at radius 3 is 1.94 bits per heavy atom. The van der Waals surface area contributed by atoms with Crippen LogP contribution < -0.4 is 11.1 Å². The van der Waals surface area contributed by atoms with Crippen LogP contribution in [-0.4, -0.2) is 313 Å². The minimum absolute atomic E-state index is 0.0183. The normalized spacial score (nSPS) is 26.5. The summed E-state index contributed by atoms with van der Waals surface area (Å²) in [5.41, 5.74) is 10.8. The average molecular weight is 1710 g/mol. The number of hydrogen-bond acceptors (Lipinski definition) is 28. The van der Waals surface area contributed by atoms with Crippen LogP contribution in [0, 0.1) is 23.7 Å². The van der Waals surface area contributed by atoms with E-state index in [1.165, 1.54) is 11.2 Å². The molecule has 1 aliphatic carbocycles. The maximum atomic E-state index is 14.3. The summed E-state index contributed by atoms with van der Waals surface area (Å²) < 4.78 is 88.5. The van der Waals surface area contributed by atoms with Gasteiger partial charge in [-0.05, 0) is 132 Å². The number of Topliss-reactive ketones (excluding diaryl/α,β-unsaturated/α-hetero) is 3. The van der Waals surface area contributed by atoms with Gasteiger partial charge in [0.05, 0.1) is 193 Å². The highest BCUT2D eigenvalue weighted by Gasteiger charge is 2.49. The molecule has 4 aromatic rings. The molecule has 33 nitrogen and oxygen atoms in total. The third-order valence-corrected chi connectivity index (χ3v) is 23.3.